The molecule has 2 aliphatic rings. The molecule has 0 spiro atoms. The summed E-state index contributed by atoms with van der Waals surface area (Å²) in [7, 11) is 0. The fraction of sp³-hybridized carbons (Fsp3) is 0.292. The van der Waals surface area contributed by atoms with Crippen LogP contribution in [-0.4, -0.2) is 33.8 Å². The van der Waals surface area contributed by atoms with Gasteiger partial charge in [-0.1, -0.05) is 91.0 Å². The van der Waals surface area contributed by atoms with Crippen molar-refractivity contribution in [3.8, 4) is 33.4 Å². The second kappa shape index (κ2) is 11.6. The number of rotatable bonds is 5. The lowest BCUT2D eigenvalue weighted by Crippen LogP contribution is -2.52. The Kier molecular flexibility index (Phi) is 7.59. The summed E-state index contributed by atoms with van der Waals surface area (Å²) >= 11 is 0. The van der Waals surface area contributed by atoms with Gasteiger partial charge < -0.3 is 9.80 Å². The topological polar surface area (TPSA) is 31.2 Å². The van der Waals surface area contributed by atoms with Crippen LogP contribution in [0.25, 0.3) is 54.9 Å². The van der Waals surface area contributed by atoms with Crippen molar-refractivity contribution >= 4 is 44.6 Å². The first-order valence-corrected chi connectivity index (χ1v) is 18.6. The average molecular weight is 683 g/mol. The minimum absolute atomic E-state index is 0.144. The predicted octanol–water partition coefficient (Wildman–Crippen LogP) is 12.6. The summed E-state index contributed by atoms with van der Waals surface area (Å²) in [5, 5.41) is 4.99. The number of anilines is 2. The van der Waals surface area contributed by atoms with Gasteiger partial charge in [-0.3, -0.25) is 9.98 Å². The highest BCUT2D eigenvalue weighted by Gasteiger charge is 2.49. The van der Waals surface area contributed by atoms with Crippen LogP contribution in [0.2, 0.25) is 0 Å². The van der Waals surface area contributed by atoms with Gasteiger partial charge in [0.2, 0.25) is 0 Å². The summed E-state index contributed by atoms with van der Waals surface area (Å²) < 4.78 is 0. The van der Waals surface area contributed by atoms with Crippen molar-refractivity contribution in [1.29, 1.82) is 0 Å². The van der Waals surface area contributed by atoms with Crippen molar-refractivity contribution in [2.45, 2.75) is 91.4 Å². The quantitative estimate of drug-likeness (QED) is 0.170. The predicted molar refractivity (Wildman–Crippen MR) is 225 cm³/mol. The Morgan fingerprint density at radius 3 is 1.19 bits per heavy atom. The van der Waals surface area contributed by atoms with Crippen molar-refractivity contribution in [3.63, 3.8) is 0 Å². The molecule has 0 atom stereocenters. The molecule has 0 unspecified atom stereocenters. The normalized spacial score (nSPS) is 18.6. The Morgan fingerprint density at radius 2 is 0.769 bits per heavy atom. The molecule has 0 bridgehead atoms. The number of aliphatic imine (C=N–C) groups is 2. The van der Waals surface area contributed by atoms with Crippen LogP contribution in [0.3, 0.4) is 0 Å². The Balaban J connectivity index is 1.32. The van der Waals surface area contributed by atoms with E-state index in [1.54, 1.807) is 0 Å². The van der Waals surface area contributed by atoms with E-state index < -0.39 is 0 Å². The molecule has 262 valence electrons. The fourth-order valence-electron chi connectivity index (χ4n) is 8.72. The summed E-state index contributed by atoms with van der Waals surface area (Å²) in [4.78, 5) is 14.9. The second-order valence-corrected chi connectivity index (χ2v) is 16.7. The standard InChI is InChI=1S/C48H50N4/c1-31-49-45(3,4)47(7,8)51(31)37-25-20-34(21-26-37)43-39-18-14-15-19-40(39)44(42-30-36(24-29-41(42)43)33-16-12-11-13-17-33)35-22-27-38(28-23-35)52-32(2)50-46(5,6)48(52,9)10/h11-30H,1-10H3. The number of nitrogens with zero attached hydrogens (tertiary/aromatic N) is 4. The number of fused-ring (bicyclic) bond motifs is 2. The van der Waals surface area contributed by atoms with Gasteiger partial charge in [-0.05, 0) is 154 Å². The number of benzene rings is 6. The van der Waals surface area contributed by atoms with Crippen LogP contribution >= 0.6 is 0 Å². The summed E-state index contributed by atoms with van der Waals surface area (Å²) in [5.74, 6) is 2.11. The van der Waals surface area contributed by atoms with E-state index in [4.69, 9.17) is 9.98 Å². The highest BCUT2D eigenvalue weighted by molar-refractivity contribution is 6.22. The zero-order valence-corrected chi connectivity index (χ0v) is 32.3. The van der Waals surface area contributed by atoms with Crippen molar-refractivity contribution in [1.82, 2.24) is 0 Å². The zero-order valence-electron chi connectivity index (χ0n) is 32.3. The van der Waals surface area contributed by atoms with Gasteiger partial charge in [-0.15, -0.1) is 0 Å². The van der Waals surface area contributed by atoms with Gasteiger partial charge in [0.15, 0.2) is 0 Å². The van der Waals surface area contributed by atoms with Crippen molar-refractivity contribution in [2.75, 3.05) is 9.80 Å². The van der Waals surface area contributed by atoms with E-state index in [2.05, 4.69) is 200 Å². The van der Waals surface area contributed by atoms with Gasteiger partial charge in [0, 0.05) is 11.4 Å². The number of amidine groups is 2. The van der Waals surface area contributed by atoms with Crippen LogP contribution in [0, 0.1) is 0 Å². The van der Waals surface area contributed by atoms with Gasteiger partial charge in [-0.25, -0.2) is 0 Å². The second-order valence-electron chi connectivity index (χ2n) is 16.7. The van der Waals surface area contributed by atoms with Crippen molar-refractivity contribution in [2.24, 2.45) is 9.98 Å². The van der Waals surface area contributed by atoms with Crippen LogP contribution in [0.5, 0.6) is 0 Å². The van der Waals surface area contributed by atoms with Crippen LogP contribution in [0.15, 0.2) is 131 Å². The lowest BCUT2D eigenvalue weighted by Gasteiger charge is -2.41. The smallest absolute Gasteiger partial charge is 0.102 e. The van der Waals surface area contributed by atoms with Crippen LogP contribution in [-0.2, 0) is 0 Å². The van der Waals surface area contributed by atoms with Crippen LogP contribution in [0.1, 0.15) is 69.2 Å². The largest absolute Gasteiger partial charge is 0.322 e. The van der Waals surface area contributed by atoms with Crippen molar-refractivity contribution < 1.29 is 0 Å². The lowest BCUT2D eigenvalue weighted by atomic mass is 9.82. The molecule has 0 radical (unpaired) electrons. The highest BCUT2D eigenvalue weighted by atomic mass is 15.3. The summed E-state index contributed by atoms with van der Waals surface area (Å²) in [6.07, 6.45) is 0. The van der Waals surface area contributed by atoms with E-state index >= 15 is 0 Å². The third-order valence-corrected chi connectivity index (χ3v) is 12.6. The Bertz CT molecular complexity index is 2410. The maximum Gasteiger partial charge on any atom is 0.102 e. The molecule has 52 heavy (non-hydrogen) atoms. The van der Waals surface area contributed by atoms with E-state index in [-0.39, 0.29) is 22.2 Å². The van der Waals surface area contributed by atoms with Gasteiger partial charge in [0.1, 0.15) is 11.7 Å². The van der Waals surface area contributed by atoms with Gasteiger partial charge in [-0.2, -0.15) is 0 Å². The average Bonchev–Trinajstić information content (AvgIpc) is 3.38. The molecular weight excluding hydrogens is 633 g/mol. The molecule has 2 aliphatic heterocycles. The third kappa shape index (κ3) is 5.02. The molecule has 0 saturated heterocycles. The Hall–Kier alpha value is -5.22. The van der Waals surface area contributed by atoms with Crippen LogP contribution < -0.4 is 9.80 Å². The minimum Gasteiger partial charge on any atom is -0.322 e. The van der Waals surface area contributed by atoms with E-state index in [1.807, 2.05) is 0 Å². The fourth-order valence-corrected chi connectivity index (χ4v) is 8.72. The van der Waals surface area contributed by atoms with Gasteiger partial charge in [0.25, 0.3) is 0 Å². The molecule has 4 heteroatoms. The highest BCUT2D eigenvalue weighted by Crippen LogP contribution is 2.47. The first-order chi connectivity index (χ1) is 24.6. The molecular formula is C48H50N4. The SMILES string of the molecule is CC1=NC(C)(C)C(C)(C)N1c1ccc(-c2c3ccccc3c(-c3ccc(N4C(C)=NC(C)(C)C4(C)C)cc3)c3cc(-c4ccccc4)ccc23)cc1. The van der Waals surface area contributed by atoms with Crippen molar-refractivity contribution in [3.05, 3.63) is 121 Å². The summed E-state index contributed by atoms with van der Waals surface area (Å²) in [5.41, 5.74) is 9.04. The van der Waals surface area contributed by atoms with E-state index in [0.29, 0.717) is 0 Å². The molecule has 0 fully saturated rings. The molecule has 6 aromatic rings. The number of hydrogen-bond donors (Lipinski definition) is 0. The summed E-state index contributed by atoms with van der Waals surface area (Å²) in [6.45, 7) is 22.3. The molecule has 8 rings (SSSR count). The monoisotopic (exact) mass is 682 g/mol. The molecule has 0 aliphatic carbocycles. The maximum absolute atomic E-state index is 5.05. The molecule has 0 aromatic heterocycles. The molecule has 0 N–H and O–H groups in total. The maximum atomic E-state index is 5.05. The lowest BCUT2D eigenvalue weighted by molar-refractivity contribution is 0.338. The molecule has 2 heterocycles. The van der Waals surface area contributed by atoms with E-state index in [9.17, 15) is 0 Å². The summed E-state index contributed by atoms with van der Waals surface area (Å²) in [6, 6.07) is 45.0. The van der Waals surface area contributed by atoms with E-state index in [0.717, 1.165) is 11.7 Å². The third-order valence-electron chi connectivity index (χ3n) is 12.6. The van der Waals surface area contributed by atoms with Gasteiger partial charge in [0.05, 0.1) is 22.2 Å². The molecule has 6 aromatic carbocycles. The Labute approximate surface area is 309 Å². The van der Waals surface area contributed by atoms with Gasteiger partial charge >= 0.3 is 0 Å². The molecule has 4 nitrogen and oxygen atoms in total. The molecule has 0 amide bonds. The first-order valence-electron chi connectivity index (χ1n) is 18.6. The minimum atomic E-state index is -0.183. The van der Waals surface area contributed by atoms with E-state index in [1.165, 1.54) is 66.3 Å². The first kappa shape index (κ1) is 33.9. The zero-order chi connectivity index (χ0) is 36.8. The Morgan fingerprint density at radius 1 is 0.385 bits per heavy atom. The molecule has 0 saturated carbocycles. The number of hydrogen-bond acceptors (Lipinski definition) is 4. The van der Waals surface area contributed by atoms with Crippen LogP contribution in [0.4, 0.5) is 11.4 Å².